The van der Waals surface area contributed by atoms with E-state index in [4.69, 9.17) is 4.42 Å². The minimum Gasteiger partial charge on any atom is -0.444 e. The largest absolute Gasteiger partial charge is 0.444 e. The maximum absolute atomic E-state index is 5.66. The molecule has 2 atom stereocenters. The maximum atomic E-state index is 5.66. The Kier molecular flexibility index (Phi) is 3.88. The van der Waals surface area contributed by atoms with Crippen molar-refractivity contribution in [3.8, 4) is 0 Å². The minimum atomic E-state index is 0.416. The lowest BCUT2D eigenvalue weighted by Gasteiger charge is -2.30. The number of hydrogen-bond donors (Lipinski definition) is 1. The van der Waals surface area contributed by atoms with Crippen LogP contribution in [0.3, 0.4) is 0 Å². The lowest BCUT2D eigenvalue weighted by molar-refractivity contribution is 0.386. The third kappa shape index (κ3) is 2.63. The molecule has 2 aromatic rings. The molecule has 1 aliphatic carbocycles. The normalized spacial score (nSPS) is 21.7. The molecule has 106 valence electrons. The molecule has 0 amide bonds. The molecule has 20 heavy (non-hydrogen) atoms. The first-order valence-corrected chi connectivity index (χ1v) is 7.53. The number of oxazole rings is 1. The van der Waals surface area contributed by atoms with Gasteiger partial charge in [-0.05, 0) is 29.9 Å². The van der Waals surface area contributed by atoms with Crippen molar-refractivity contribution >= 4 is 0 Å². The highest BCUT2D eigenvalue weighted by molar-refractivity contribution is 5.34. The lowest BCUT2D eigenvalue weighted by atomic mass is 9.81. The summed E-state index contributed by atoms with van der Waals surface area (Å²) in [4.78, 5) is 4.31. The third-order valence-electron chi connectivity index (χ3n) is 4.24. The highest BCUT2D eigenvalue weighted by Gasteiger charge is 2.24. The van der Waals surface area contributed by atoms with Crippen molar-refractivity contribution in [3.63, 3.8) is 0 Å². The van der Waals surface area contributed by atoms with Crippen LogP contribution in [-0.2, 0) is 13.0 Å². The predicted octanol–water partition coefficient (Wildman–Crippen LogP) is 3.97. The second-order valence-electron chi connectivity index (χ2n) is 5.61. The molecule has 0 saturated heterocycles. The van der Waals surface area contributed by atoms with E-state index in [-0.39, 0.29) is 0 Å². The smallest absolute Gasteiger partial charge is 0.208 e. The van der Waals surface area contributed by atoms with Crippen LogP contribution in [0, 0.1) is 0 Å². The molecule has 1 aromatic heterocycles. The molecular formula is C17H22N2O. The average molecular weight is 270 g/mol. The SMILES string of the molecule is CCc1cnc(CNC2CCC(C)c3ccccc32)o1. The van der Waals surface area contributed by atoms with Gasteiger partial charge in [-0.15, -0.1) is 0 Å². The molecule has 1 heterocycles. The molecule has 0 fully saturated rings. The van der Waals surface area contributed by atoms with Gasteiger partial charge in [0.05, 0.1) is 12.7 Å². The first-order valence-electron chi connectivity index (χ1n) is 7.53. The molecular weight excluding hydrogens is 248 g/mol. The van der Waals surface area contributed by atoms with Crippen molar-refractivity contribution in [2.45, 2.75) is 51.6 Å². The first-order chi connectivity index (χ1) is 9.78. The van der Waals surface area contributed by atoms with Gasteiger partial charge in [-0.2, -0.15) is 0 Å². The fraction of sp³-hybridized carbons (Fsp3) is 0.471. The highest BCUT2D eigenvalue weighted by Crippen LogP contribution is 2.36. The molecule has 0 saturated carbocycles. The van der Waals surface area contributed by atoms with Crippen molar-refractivity contribution in [2.24, 2.45) is 0 Å². The summed E-state index contributed by atoms with van der Waals surface area (Å²) in [7, 11) is 0. The minimum absolute atomic E-state index is 0.416. The molecule has 3 heteroatoms. The van der Waals surface area contributed by atoms with Crippen LogP contribution in [-0.4, -0.2) is 4.98 Å². The van der Waals surface area contributed by atoms with E-state index in [0.717, 1.165) is 18.1 Å². The Morgan fingerprint density at radius 1 is 1.25 bits per heavy atom. The Hall–Kier alpha value is -1.61. The Morgan fingerprint density at radius 3 is 2.80 bits per heavy atom. The Labute approximate surface area is 120 Å². The number of aromatic nitrogens is 1. The van der Waals surface area contributed by atoms with Gasteiger partial charge >= 0.3 is 0 Å². The van der Waals surface area contributed by atoms with Crippen molar-refractivity contribution in [2.75, 3.05) is 0 Å². The number of nitrogens with one attached hydrogen (secondary N) is 1. The predicted molar refractivity (Wildman–Crippen MR) is 79.6 cm³/mol. The van der Waals surface area contributed by atoms with Crippen LogP contribution in [0.2, 0.25) is 0 Å². The third-order valence-corrected chi connectivity index (χ3v) is 4.24. The summed E-state index contributed by atoms with van der Waals surface area (Å²) < 4.78 is 5.66. The Morgan fingerprint density at radius 2 is 2.05 bits per heavy atom. The van der Waals surface area contributed by atoms with Gasteiger partial charge in [-0.3, -0.25) is 0 Å². The van der Waals surface area contributed by atoms with Crippen LogP contribution in [0.4, 0.5) is 0 Å². The van der Waals surface area contributed by atoms with Gasteiger partial charge in [0.2, 0.25) is 5.89 Å². The van der Waals surface area contributed by atoms with Gasteiger partial charge in [-0.25, -0.2) is 4.98 Å². The number of nitrogens with zero attached hydrogens (tertiary/aromatic N) is 1. The lowest BCUT2D eigenvalue weighted by Crippen LogP contribution is -2.26. The van der Waals surface area contributed by atoms with E-state index in [2.05, 4.69) is 48.4 Å². The van der Waals surface area contributed by atoms with Crippen LogP contribution >= 0.6 is 0 Å². The standard InChI is InChI=1S/C17H22N2O/c1-3-13-10-19-17(20-13)11-18-16-9-8-12(2)14-6-4-5-7-15(14)16/h4-7,10,12,16,18H,3,8-9,11H2,1-2H3. The van der Waals surface area contributed by atoms with Crippen molar-refractivity contribution < 1.29 is 4.42 Å². The monoisotopic (exact) mass is 270 g/mol. The Bertz CT molecular complexity index is 576. The van der Waals surface area contributed by atoms with Crippen LogP contribution in [0.15, 0.2) is 34.9 Å². The molecule has 1 aliphatic rings. The van der Waals surface area contributed by atoms with Crippen molar-refractivity contribution in [1.29, 1.82) is 0 Å². The molecule has 3 rings (SSSR count). The molecule has 0 radical (unpaired) electrons. The number of benzene rings is 1. The molecule has 0 bridgehead atoms. The van der Waals surface area contributed by atoms with Crippen LogP contribution in [0.25, 0.3) is 0 Å². The van der Waals surface area contributed by atoms with Crippen molar-refractivity contribution in [1.82, 2.24) is 10.3 Å². The molecule has 3 nitrogen and oxygen atoms in total. The molecule has 0 spiro atoms. The van der Waals surface area contributed by atoms with E-state index in [1.165, 1.54) is 24.0 Å². The van der Waals surface area contributed by atoms with Gasteiger partial charge in [-0.1, -0.05) is 38.1 Å². The van der Waals surface area contributed by atoms with Crippen LogP contribution < -0.4 is 5.32 Å². The van der Waals surface area contributed by atoms with E-state index in [9.17, 15) is 0 Å². The van der Waals surface area contributed by atoms with Crippen molar-refractivity contribution in [3.05, 3.63) is 53.2 Å². The van der Waals surface area contributed by atoms with Gasteiger partial charge in [0.25, 0.3) is 0 Å². The number of aryl methyl sites for hydroxylation is 1. The summed E-state index contributed by atoms with van der Waals surface area (Å²) in [6, 6.07) is 9.19. The van der Waals surface area contributed by atoms with E-state index in [1.54, 1.807) is 0 Å². The molecule has 0 aliphatic heterocycles. The zero-order chi connectivity index (χ0) is 13.9. The van der Waals surface area contributed by atoms with Crippen LogP contribution in [0.5, 0.6) is 0 Å². The van der Waals surface area contributed by atoms with E-state index in [0.29, 0.717) is 18.5 Å². The average Bonchev–Trinajstić information content (AvgIpc) is 2.95. The molecule has 2 unspecified atom stereocenters. The van der Waals surface area contributed by atoms with E-state index in [1.807, 2.05) is 6.20 Å². The summed E-state index contributed by atoms with van der Waals surface area (Å²) >= 11 is 0. The van der Waals surface area contributed by atoms with Gasteiger partial charge in [0.1, 0.15) is 5.76 Å². The second kappa shape index (κ2) is 5.80. The molecule has 1 N–H and O–H groups in total. The fourth-order valence-corrected chi connectivity index (χ4v) is 3.02. The zero-order valence-electron chi connectivity index (χ0n) is 12.2. The summed E-state index contributed by atoms with van der Waals surface area (Å²) in [6.07, 6.45) is 5.14. The topological polar surface area (TPSA) is 38.1 Å². The van der Waals surface area contributed by atoms with E-state index >= 15 is 0 Å². The number of rotatable bonds is 4. The highest BCUT2D eigenvalue weighted by atomic mass is 16.4. The zero-order valence-corrected chi connectivity index (χ0v) is 12.2. The number of fused-ring (bicyclic) bond motifs is 1. The number of hydrogen-bond acceptors (Lipinski definition) is 3. The summed E-state index contributed by atoms with van der Waals surface area (Å²) in [5.41, 5.74) is 2.92. The quantitative estimate of drug-likeness (QED) is 0.913. The van der Waals surface area contributed by atoms with Gasteiger partial charge < -0.3 is 9.73 Å². The fourth-order valence-electron chi connectivity index (χ4n) is 3.02. The second-order valence-corrected chi connectivity index (χ2v) is 5.61. The summed E-state index contributed by atoms with van der Waals surface area (Å²) in [5.74, 6) is 2.41. The summed E-state index contributed by atoms with van der Waals surface area (Å²) in [5, 5.41) is 3.60. The molecule has 1 aromatic carbocycles. The van der Waals surface area contributed by atoms with E-state index < -0.39 is 0 Å². The maximum Gasteiger partial charge on any atom is 0.208 e. The first kappa shape index (κ1) is 13.4. The van der Waals surface area contributed by atoms with Gasteiger partial charge in [0.15, 0.2) is 0 Å². The van der Waals surface area contributed by atoms with Gasteiger partial charge in [0, 0.05) is 12.5 Å². The van der Waals surface area contributed by atoms with Crippen LogP contribution in [0.1, 0.15) is 61.4 Å². The summed E-state index contributed by atoms with van der Waals surface area (Å²) in [6.45, 7) is 5.10. The Balaban J connectivity index is 1.70.